The van der Waals surface area contributed by atoms with Crippen LogP contribution in [0.2, 0.25) is 0 Å². The highest BCUT2D eigenvalue weighted by Gasteiger charge is 2.33. The molecule has 0 unspecified atom stereocenters. The Morgan fingerprint density at radius 1 is 1.16 bits per heavy atom. The molecule has 0 spiro atoms. The van der Waals surface area contributed by atoms with Crippen LogP contribution in [0, 0.1) is 0 Å². The Morgan fingerprint density at radius 3 is 2.74 bits per heavy atom. The van der Waals surface area contributed by atoms with Crippen molar-refractivity contribution < 1.29 is 8.78 Å². The molecule has 0 bridgehead atoms. The minimum absolute atomic E-state index is 0.0466. The Morgan fingerprint density at radius 2 is 1.95 bits per heavy atom. The number of alkyl halides is 2. The molecule has 0 aromatic carbocycles. The molecule has 102 valence electrons. The molecule has 1 aliphatic rings. The van der Waals surface area contributed by atoms with Crippen molar-refractivity contribution in [3.05, 3.63) is 18.7 Å². The first kappa shape index (κ1) is 12.4. The molecule has 3 rings (SSSR count). The summed E-state index contributed by atoms with van der Waals surface area (Å²) in [5.41, 5.74) is 0.789. The minimum atomic E-state index is -2.48. The maximum atomic E-state index is 13.0. The van der Waals surface area contributed by atoms with E-state index in [2.05, 4.69) is 15.1 Å². The molecule has 2 aromatic rings. The van der Waals surface area contributed by atoms with Crippen molar-refractivity contribution in [1.29, 1.82) is 0 Å². The summed E-state index contributed by atoms with van der Waals surface area (Å²) >= 11 is 0. The molecular weight excluding hydrogens is 252 g/mol. The average molecular weight is 267 g/mol. The van der Waals surface area contributed by atoms with E-state index in [1.54, 1.807) is 17.1 Å². The van der Waals surface area contributed by atoms with Crippen molar-refractivity contribution in [1.82, 2.24) is 24.6 Å². The zero-order valence-electron chi connectivity index (χ0n) is 10.5. The third-order valence-electron chi connectivity index (χ3n) is 3.51. The normalized spacial score (nSPS) is 19.9. The number of hydrogen-bond donors (Lipinski definition) is 0. The second-order valence-corrected chi connectivity index (χ2v) is 4.87. The van der Waals surface area contributed by atoms with Gasteiger partial charge in [-0.3, -0.25) is 0 Å². The maximum Gasteiger partial charge on any atom is 0.250 e. The molecule has 1 aliphatic heterocycles. The van der Waals surface area contributed by atoms with Crippen LogP contribution < -0.4 is 0 Å². The maximum absolute atomic E-state index is 13.0. The molecule has 2 aromatic heterocycles. The van der Waals surface area contributed by atoms with Gasteiger partial charge in [-0.05, 0) is 0 Å². The van der Waals surface area contributed by atoms with Gasteiger partial charge in [-0.2, -0.15) is 5.10 Å². The summed E-state index contributed by atoms with van der Waals surface area (Å²) in [5, 5.41) is 5.14. The van der Waals surface area contributed by atoms with E-state index in [9.17, 15) is 8.78 Å². The fourth-order valence-electron chi connectivity index (χ4n) is 2.33. The first-order valence-electron chi connectivity index (χ1n) is 6.36. The molecule has 19 heavy (non-hydrogen) atoms. The van der Waals surface area contributed by atoms with Gasteiger partial charge in [0.1, 0.15) is 6.33 Å². The summed E-state index contributed by atoms with van der Waals surface area (Å²) in [4.78, 5) is 10.2. The predicted molar refractivity (Wildman–Crippen MR) is 65.9 cm³/mol. The molecule has 0 N–H and O–H groups in total. The highest BCUT2D eigenvalue weighted by atomic mass is 19.3. The van der Waals surface area contributed by atoms with E-state index in [4.69, 9.17) is 0 Å². The Hall–Kier alpha value is -1.63. The highest BCUT2D eigenvalue weighted by Crippen LogP contribution is 2.27. The summed E-state index contributed by atoms with van der Waals surface area (Å²) < 4.78 is 27.9. The van der Waals surface area contributed by atoms with E-state index < -0.39 is 5.92 Å². The van der Waals surface area contributed by atoms with E-state index in [0.717, 1.165) is 17.6 Å². The van der Waals surface area contributed by atoms with Gasteiger partial charge in [-0.1, -0.05) is 0 Å². The molecule has 0 atom stereocenters. The second-order valence-electron chi connectivity index (χ2n) is 4.87. The van der Waals surface area contributed by atoms with E-state index in [-0.39, 0.29) is 12.8 Å². The van der Waals surface area contributed by atoms with Crippen LogP contribution in [0.5, 0.6) is 0 Å². The van der Waals surface area contributed by atoms with Crippen LogP contribution in [0.15, 0.2) is 18.7 Å². The largest absolute Gasteiger partial charge is 0.301 e. The predicted octanol–water partition coefficient (Wildman–Crippen LogP) is 1.56. The van der Waals surface area contributed by atoms with Gasteiger partial charge in [0.25, 0.3) is 5.92 Å². The summed E-state index contributed by atoms with van der Waals surface area (Å²) in [6.45, 7) is 2.27. The number of halogens is 2. The summed E-state index contributed by atoms with van der Waals surface area (Å²) in [6.07, 6.45) is 4.83. The Bertz CT molecular complexity index is 558. The molecule has 0 saturated carbocycles. The van der Waals surface area contributed by atoms with Crippen LogP contribution in [-0.4, -0.2) is 50.2 Å². The van der Waals surface area contributed by atoms with Gasteiger partial charge in [-0.15, -0.1) is 0 Å². The van der Waals surface area contributed by atoms with Crippen molar-refractivity contribution in [2.45, 2.75) is 25.3 Å². The Kier molecular flexibility index (Phi) is 3.14. The van der Waals surface area contributed by atoms with E-state index in [0.29, 0.717) is 19.6 Å². The summed E-state index contributed by atoms with van der Waals surface area (Å²) in [7, 11) is 0. The van der Waals surface area contributed by atoms with Gasteiger partial charge in [0.05, 0.1) is 18.1 Å². The molecule has 5 nitrogen and oxygen atoms in total. The van der Waals surface area contributed by atoms with Gasteiger partial charge in [-0.25, -0.2) is 23.4 Å². The second kappa shape index (κ2) is 4.80. The van der Waals surface area contributed by atoms with Crippen LogP contribution in [0.1, 0.15) is 12.8 Å². The van der Waals surface area contributed by atoms with Crippen molar-refractivity contribution >= 4 is 11.0 Å². The first-order chi connectivity index (χ1) is 9.14. The van der Waals surface area contributed by atoms with E-state index in [1.165, 1.54) is 6.33 Å². The fraction of sp³-hybridized carbons (Fsp3) is 0.583. The van der Waals surface area contributed by atoms with Crippen LogP contribution >= 0.6 is 0 Å². The number of aromatic nitrogens is 4. The lowest BCUT2D eigenvalue weighted by molar-refractivity contribution is -0.0555. The molecule has 0 aliphatic carbocycles. The zero-order valence-corrected chi connectivity index (χ0v) is 10.5. The van der Waals surface area contributed by atoms with Crippen molar-refractivity contribution in [3.8, 4) is 0 Å². The molecule has 0 radical (unpaired) electrons. The third-order valence-corrected chi connectivity index (χ3v) is 3.51. The SMILES string of the molecule is FC1(F)CCN(CCn2ncc3cncnc32)CC1. The van der Waals surface area contributed by atoms with Gasteiger partial charge in [0.15, 0.2) is 5.65 Å². The van der Waals surface area contributed by atoms with Crippen LogP contribution in [0.3, 0.4) is 0 Å². The Labute approximate surface area is 109 Å². The molecular formula is C12H15F2N5. The lowest BCUT2D eigenvalue weighted by Crippen LogP contribution is -2.40. The summed E-state index contributed by atoms with van der Waals surface area (Å²) in [5.74, 6) is -2.48. The monoisotopic (exact) mass is 267 g/mol. The van der Waals surface area contributed by atoms with Crippen molar-refractivity contribution in [2.24, 2.45) is 0 Å². The highest BCUT2D eigenvalue weighted by molar-refractivity contribution is 5.72. The molecule has 1 saturated heterocycles. The van der Waals surface area contributed by atoms with Crippen LogP contribution in [0.25, 0.3) is 11.0 Å². The lowest BCUT2D eigenvalue weighted by Gasteiger charge is -2.31. The van der Waals surface area contributed by atoms with Gasteiger partial charge in [0, 0.05) is 38.7 Å². The first-order valence-corrected chi connectivity index (χ1v) is 6.36. The average Bonchev–Trinajstić information content (AvgIpc) is 2.81. The summed E-state index contributed by atoms with van der Waals surface area (Å²) in [6, 6.07) is 0. The Balaban J connectivity index is 1.61. The minimum Gasteiger partial charge on any atom is -0.301 e. The van der Waals surface area contributed by atoms with E-state index in [1.807, 2.05) is 4.90 Å². The zero-order chi connectivity index (χ0) is 13.3. The smallest absolute Gasteiger partial charge is 0.250 e. The standard InChI is InChI=1S/C12H15F2N5/c13-12(14)1-3-18(4-2-12)5-6-19-11-10(8-17-19)7-15-9-16-11/h7-9H,1-6H2. The van der Waals surface area contributed by atoms with Gasteiger partial charge < -0.3 is 4.90 Å². The van der Waals surface area contributed by atoms with E-state index >= 15 is 0 Å². The number of nitrogens with zero attached hydrogens (tertiary/aromatic N) is 5. The number of piperidine rings is 1. The van der Waals surface area contributed by atoms with Crippen LogP contribution in [-0.2, 0) is 6.54 Å². The van der Waals surface area contributed by atoms with Gasteiger partial charge in [0.2, 0.25) is 0 Å². The molecule has 7 heteroatoms. The fourth-order valence-corrected chi connectivity index (χ4v) is 2.33. The molecule has 3 heterocycles. The van der Waals surface area contributed by atoms with Gasteiger partial charge >= 0.3 is 0 Å². The molecule has 0 amide bonds. The van der Waals surface area contributed by atoms with Crippen molar-refractivity contribution in [2.75, 3.05) is 19.6 Å². The number of rotatable bonds is 3. The topological polar surface area (TPSA) is 46.8 Å². The van der Waals surface area contributed by atoms with Crippen molar-refractivity contribution in [3.63, 3.8) is 0 Å². The quantitative estimate of drug-likeness (QED) is 0.846. The molecule has 1 fully saturated rings. The number of hydrogen-bond acceptors (Lipinski definition) is 4. The lowest BCUT2D eigenvalue weighted by atomic mass is 10.1. The number of likely N-dealkylation sites (tertiary alicyclic amines) is 1. The number of fused-ring (bicyclic) bond motifs is 1. The third kappa shape index (κ3) is 2.70. The van der Waals surface area contributed by atoms with Crippen LogP contribution in [0.4, 0.5) is 8.78 Å².